The largest absolute Gasteiger partial charge is 0.343 e. The fraction of sp³-hybridized carbons (Fsp3) is 0.500. The number of ether oxygens (including phenoxy) is 2. The van der Waals surface area contributed by atoms with Crippen molar-refractivity contribution in [3.63, 3.8) is 0 Å². The van der Waals surface area contributed by atoms with Crippen LogP contribution in [0.4, 0.5) is 0 Å². The summed E-state index contributed by atoms with van der Waals surface area (Å²) in [6, 6.07) is 0. The third kappa shape index (κ3) is 1.87. The molecule has 0 bridgehead atoms. The molecule has 0 unspecified atom stereocenters. The van der Waals surface area contributed by atoms with Crippen LogP contribution in [0.5, 0.6) is 0 Å². The summed E-state index contributed by atoms with van der Waals surface area (Å²) in [4.78, 5) is 10.9. The van der Waals surface area contributed by atoms with Gasteiger partial charge in [0.25, 0.3) is 0 Å². The fourth-order valence-corrected chi connectivity index (χ4v) is 1.41. The number of allylic oxidation sites excluding steroid dienone is 2. The summed E-state index contributed by atoms with van der Waals surface area (Å²) in [6.07, 6.45) is 8.37. The zero-order valence-electron chi connectivity index (χ0n) is 7.36. The van der Waals surface area contributed by atoms with Gasteiger partial charge in [0.05, 0.1) is 13.2 Å². The highest BCUT2D eigenvalue weighted by Gasteiger charge is 2.29. The molecule has 0 aromatic rings. The molecule has 0 aromatic carbocycles. The fourth-order valence-electron chi connectivity index (χ4n) is 1.41. The molecular formula is C10H12O3. The van der Waals surface area contributed by atoms with Gasteiger partial charge in [-0.3, -0.25) is 4.79 Å². The van der Waals surface area contributed by atoms with Gasteiger partial charge < -0.3 is 9.47 Å². The van der Waals surface area contributed by atoms with E-state index in [9.17, 15) is 4.79 Å². The maximum Gasteiger partial charge on any atom is 0.208 e. The number of carbonyl (C=O) groups excluding carboxylic acids is 1. The van der Waals surface area contributed by atoms with Gasteiger partial charge in [0.1, 0.15) is 0 Å². The summed E-state index contributed by atoms with van der Waals surface area (Å²) in [5, 5.41) is 0. The van der Waals surface area contributed by atoms with Crippen molar-refractivity contribution in [2.75, 3.05) is 13.2 Å². The SMILES string of the molecule is O=C1C=CC2(C=C1)OCCCCO2. The Morgan fingerprint density at radius 3 is 2.15 bits per heavy atom. The Hall–Kier alpha value is -0.930. The van der Waals surface area contributed by atoms with Gasteiger partial charge in [-0.25, -0.2) is 0 Å². The molecular weight excluding hydrogens is 168 g/mol. The van der Waals surface area contributed by atoms with Crippen LogP contribution in [0, 0.1) is 0 Å². The zero-order valence-corrected chi connectivity index (χ0v) is 7.36. The molecule has 0 radical (unpaired) electrons. The molecule has 0 N–H and O–H groups in total. The highest BCUT2D eigenvalue weighted by molar-refractivity contribution is 6.00. The second-order valence-corrected chi connectivity index (χ2v) is 3.19. The molecule has 2 aliphatic rings. The van der Waals surface area contributed by atoms with E-state index in [1.807, 2.05) is 0 Å². The van der Waals surface area contributed by atoms with E-state index in [1.54, 1.807) is 12.2 Å². The number of hydrogen-bond acceptors (Lipinski definition) is 3. The Kier molecular flexibility index (Phi) is 2.29. The summed E-state index contributed by atoms with van der Waals surface area (Å²) in [5.74, 6) is -0.771. The number of ketones is 1. The summed E-state index contributed by atoms with van der Waals surface area (Å²) in [5.41, 5.74) is 0. The lowest BCUT2D eigenvalue weighted by Gasteiger charge is -2.26. The van der Waals surface area contributed by atoms with Crippen molar-refractivity contribution in [2.45, 2.75) is 18.6 Å². The number of carbonyl (C=O) groups is 1. The Balaban J connectivity index is 2.14. The van der Waals surface area contributed by atoms with Gasteiger partial charge in [-0.2, -0.15) is 0 Å². The van der Waals surface area contributed by atoms with Crippen molar-refractivity contribution in [1.82, 2.24) is 0 Å². The van der Waals surface area contributed by atoms with Gasteiger partial charge in [-0.15, -0.1) is 0 Å². The molecule has 1 heterocycles. The summed E-state index contributed by atoms with van der Waals surface area (Å²) in [6.45, 7) is 1.37. The van der Waals surface area contributed by atoms with Crippen LogP contribution in [0.3, 0.4) is 0 Å². The molecule has 2 rings (SSSR count). The van der Waals surface area contributed by atoms with Crippen molar-refractivity contribution in [1.29, 1.82) is 0 Å². The zero-order chi connectivity index (χ0) is 9.15. The maximum atomic E-state index is 10.9. The third-order valence-electron chi connectivity index (χ3n) is 2.15. The minimum Gasteiger partial charge on any atom is -0.343 e. The predicted octanol–water partition coefficient (Wildman–Crippen LogP) is 1.20. The van der Waals surface area contributed by atoms with Crippen molar-refractivity contribution in [3.05, 3.63) is 24.3 Å². The molecule has 1 fully saturated rings. The van der Waals surface area contributed by atoms with Crippen LogP contribution >= 0.6 is 0 Å². The molecule has 0 atom stereocenters. The van der Waals surface area contributed by atoms with Crippen LogP contribution in [-0.4, -0.2) is 24.8 Å². The standard InChI is InChI=1S/C10H12O3/c11-9-3-5-10(6-4-9)12-7-1-2-8-13-10/h3-6H,1-2,7-8H2. The summed E-state index contributed by atoms with van der Waals surface area (Å²) >= 11 is 0. The van der Waals surface area contributed by atoms with E-state index in [2.05, 4.69) is 0 Å². The van der Waals surface area contributed by atoms with Gasteiger partial charge in [-0.1, -0.05) is 0 Å². The number of hydrogen-bond donors (Lipinski definition) is 0. The third-order valence-corrected chi connectivity index (χ3v) is 2.15. The van der Waals surface area contributed by atoms with E-state index >= 15 is 0 Å². The lowest BCUT2D eigenvalue weighted by molar-refractivity contribution is -0.157. The van der Waals surface area contributed by atoms with Crippen molar-refractivity contribution >= 4 is 5.78 Å². The van der Waals surface area contributed by atoms with Crippen molar-refractivity contribution < 1.29 is 14.3 Å². The van der Waals surface area contributed by atoms with Crippen LogP contribution in [-0.2, 0) is 14.3 Å². The van der Waals surface area contributed by atoms with E-state index in [4.69, 9.17) is 9.47 Å². The highest BCUT2D eigenvalue weighted by Crippen LogP contribution is 2.23. The lowest BCUT2D eigenvalue weighted by Crippen LogP contribution is -2.32. The van der Waals surface area contributed by atoms with Gasteiger partial charge in [0.2, 0.25) is 5.79 Å². The Bertz CT molecular complexity index is 239. The predicted molar refractivity (Wildman–Crippen MR) is 47.2 cm³/mol. The van der Waals surface area contributed by atoms with E-state index in [0.29, 0.717) is 13.2 Å². The second-order valence-electron chi connectivity index (χ2n) is 3.19. The van der Waals surface area contributed by atoms with Gasteiger partial charge in [-0.05, 0) is 37.1 Å². The van der Waals surface area contributed by atoms with Gasteiger partial charge >= 0.3 is 0 Å². The molecule has 70 valence electrons. The molecule has 1 spiro atoms. The van der Waals surface area contributed by atoms with E-state index < -0.39 is 5.79 Å². The first-order valence-corrected chi connectivity index (χ1v) is 4.51. The van der Waals surface area contributed by atoms with Crippen LogP contribution in [0.25, 0.3) is 0 Å². The maximum absolute atomic E-state index is 10.9. The normalized spacial score (nSPS) is 26.3. The Morgan fingerprint density at radius 1 is 1.08 bits per heavy atom. The first-order chi connectivity index (χ1) is 6.31. The van der Waals surface area contributed by atoms with Gasteiger partial charge in [0.15, 0.2) is 5.78 Å². The lowest BCUT2D eigenvalue weighted by atomic mass is 10.1. The average molecular weight is 180 g/mol. The van der Waals surface area contributed by atoms with E-state index in [0.717, 1.165) is 12.8 Å². The molecule has 0 aromatic heterocycles. The first kappa shape index (κ1) is 8.66. The smallest absolute Gasteiger partial charge is 0.208 e. The average Bonchev–Trinajstić information content (AvgIpc) is 2.37. The first-order valence-electron chi connectivity index (χ1n) is 4.51. The summed E-state index contributed by atoms with van der Waals surface area (Å²) in [7, 11) is 0. The van der Waals surface area contributed by atoms with Crippen molar-refractivity contribution in [3.8, 4) is 0 Å². The highest BCUT2D eigenvalue weighted by atomic mass is 16.7. The molecule has 0 saturated carbocycles. The molecule has 1 aliphatic carbocycles. The Labute approximate surface area is 77.0 Å². The van der Waals surface area contributed by atoms with Crippen LogP contribution in [0.1, 0.15) is 12.8 Å². The minimum absolute atomic E-state index is 0.0120. The summed E-state index contributed by atoms with van der Waals surface area (Å²) < 4.78 is 11.1. The topological polar surface area (TPSA) is 35.5 Å². The quantitative estimate of drug-likeness (QED) is 0.562. The monoisotopic (exact) mass is 180 g/mol. The number of rotatable bonds is 0. The van der Waals surface area contributed by atoms with Gasteiger partial charge in [0, 0.05) is 0 Å². The van der Waals surface area contributed by atoms with E-state index in [1.165, 1.54) is 12.2 Å². The van der Waals surface area contributed by atoms with Crippen LogP contribution < -0.4 is 0 Å². The van der Waals surface area contributed by atoms with Crippen molar-refractivity contribution in [2.24, 2.45) is 0 Å². The molecule has 3 heteroatoms. The Morgan fingerprint density at radius 2 is 1.62 bits per heavy atom. The molecule has 13 heavy (non-hydrogen) atoms. The van der Waals surface area contributed by atoms with E-state index in [-0.39, 0.29) is 5.78 Å². The molecule has 1 saturated heterocycles. The molecule has 1 aliphatic heterocycles. The molecule has 3 nitrogen and oxygen atoms in total. The van der Waals surface area contributed by atoms with Crippen LogP contribution in [0.15, 0.2) is 24.3 Å². The van der Waals surface area contributed by atoms with Crippen LogP contribution in [0.2, 0.25) is 0 Å². The minimum atomic E-state index is -0.760. The molecule has 0 amide bonds. The second kappa shape index (κ2) is 3.44.